The summed E-state index contributed by atoms with van der Waals surface area (Å²) in [6.45, 7) is 2.21. The third kappa shape index (κ3) is 5.62. The standard InChI is InChI=1S/C19H30N6O4/c1-2-3-4-5-6-7-8-9-13(27)22-17-16-18(24-19(20)23-17)25(12-21-16)14-11-28-15(10-26)29-14/h12,14-15,26H,2-11H2,1H3,(H3,20,22,23,24,27)/t14-,15-/m1/s1. The van der Waals surface area contributed by atoms with E-state index in [2.05, 4.69) is 27.2 Å². The van der Waals surface area contributed by atoms with Crippen molar-refractivity contribution in [3.63, 3.8) is 0 Å². The molecule has 29 heavy (non-hydrogen) atoms. The van der Waals surface area contributed by atoms with E-state index in [4.69, 9.17) is 20.3 Å². The lowest BCUT2D eigenvalue weighted by Crippen LogP contribution is -2.16. The molecule has 1 aliphatic rings. The molecule has 10 heteroatoms. The molecule has 1 fully saturated rings. The minimum absolute atomic E-state index is 0.0306. The number of ether oxygens (including phenoxy) is 2. The summed E-state index contributed by atoms with van der Waals surface area (Å²) in [5.74, 6) is 0.202. The number of nitrogen functional groups attached to an aromatic ring is 1. The van der Waals surface area contributed by atoms with E-state index in [0.29, 0.717) is 17.6 Å². The first-order valence-electron chi connectivity index (χ1n) is 10.3. The number of imidazole rings is 1. The molecule has 0 saturated carbocycles. The SMILES string of the molecule is CCCCCCCCCC(=O)Nc1nc(N)nc2c1ncn2[C@H]1CO[C@@H](CO)O1. The summed E-state index contributed by atoms with van der Waals surface area (Å²) >= 11 is 0. The molecule has 160 valence electrons. The predicted octanol–water partition coefficient (Wildman–Crippen LogP) is 2.35. The molecule has 3 heterocycles. The first kappa shape index (κ1) is 21.4. The monoisotopic (exact) mass is 406 g/mol. The Hall–Kier alpha value is -2.30. The van der Waals surface area contributed by atoms with Gasteiger partial charge in [-0.15, -0.1) is 0 Å². The lowest BCUT2D eigenvalue weighted by molar-refractivity contribution is -0.116. The highest BCUT2D eigenvalue weighted by molar-refractivity contribution is 5.97. The molecule has 10 nitrogen and oxygen atoms in total. The number of nitrogens with zero attached hydrogens (tertiary/aromatic N) is 4. The highest BCUT2D eigenvalue weighted by Gasteiger charge is 2.29. The van der Waals surface area contributed by atoms with E-state index in [1.807, 2.05) is 0 Å². The number of carbonyl (C=O) groups excluding carboxylic acids is 1. The van der Waals surface area contributed by atoms with Crippen molar-refractivity contribution < 1.29 is 19.4 Å². The van der Waals surface area contributed by atoms with Gasteiger partial charge in [-0.1, -0.05) is 45.4 Å². The zero-order chi connectivity index (χ0) is 20.6. The summed E-state index contributed by atoms with van der Waals surface area (Å²) < 4.78 is 12.6. The van der Waals surface area contributed by atoms with Crippen molar-refractivity contribution in [2.24, 2.45) is 0 Å². The summed E-state index contributed by atoms with van der Waals surface area (Å²) in [5.41, 5.74) is 6.71. The second kappa shape index (κ2) is 10.5. The number of amides is 1. The molecule has 2 atom stereocenters. The molecular weight excluding hydrogens is 376 g/mol. The number of anilines is 2. The average Bonchev–Trinajstić information content (AvgIpc) is 3.33. The van der Waals surface area contributed by atoms with Crippen molar-refractivity contribution in [3.8, 4) is 0 Å². The van der Waals surface area contributed by atoms with Crippen LogP contribution >= 0.6 is 0 Å². The molecular formula is C19H30N6O4. The average molecular weight is 406 g/mol. The molecule has 1 saturated heterocycles. The summed E-state index contributed by atoms with van der Waals surface area (Å²) in [6.07, 6.45) is 8.83. The number of aromatic nitrogens is 4. The van der Waals surface area contributed by atoms with Crippen LogP contribution in [0.2, 0.25) is 0 Å². The van der Waals surface area contributed by atoms with Crippen LogP contribution in [0.4, 0.5) is 11.8 Å². The van der Waals surface area contributed by atoms with Gasteiger partial charge in [0.05, 0.1) is 19.5 Å². The number of aliphatic hydroxyl groups excluding tert-OH is 1. The first-order chi connectivity index (χ1) is 14.1. The molecule has 4 N–H and O–H groups in total. The molecule has 0 unspecified atom stereocenters. The van der Waals surface area contributed by atoms with Crippen LogP contribution in [0, 0.1) is 0 Å². The number of fused-ring (bicyclic) bond motifs is 1. The third-order valence-electron chi connectivity index (χ3n) is 4.90. The Morgan fingerprint density at radius 2 is 2.03 bits per heavy atom. The zero-order valence-corrected chi connectivity index (χ0v) is 16.8. The number of nitrogens with one attached hydrogen (secondary N) is 1. The Bertz CT molecular complexity index is 811. The number of nitrogens with two attached hydrogens (primary N) is 1. The van der Waals surface area contributed by atoms with Gasteiger partial charge in [-0.2, -0.15) is 9.97 Å². The summed E-state index contributed by atoms with van der Waals surface area (Å²) in [5, 5.41) is 12.0. The van der Waals surface area contributed by atoms with Gasteiger partial charge in [-0.25, -0.2) is 4.98 Å². The van der Waals surface area contributed by atoms with Gasteiger partial charge in [0.1, 0.15) is 0 Å². The minimum Gasteiger partial charge on any atom is -0.391 e. The number of aliphatic hydroxyl groups is 1. The lowest BCUT2D eigenvalue weighted by Gasteiger charge is -2.12. The number of hydrogen-bond acceptors (Lipinski definition) is 8. The largest absolute Gasteiger partial charge is 0.391 e. The molecule has 1 aliphatic heterocycles. The number of hydrogen-bond donors (Lipinski definition) is 3. The second-order valence-corrected chi connectivity index (χ2v) is 7.21. The maximum atomic E-state index is 12.3. The van der Waals surface area contributed by atoms with Crippen LogP contribution in [-0.2, 0) is 14.3 Å². The topological polar surface area (TPSA) is 137 Å². The highest BCUT2D eigenvalue weighted by Crippen LogP contribution is 2.27. The molecule has 0 aliphatic carbocycles. The Morgan fingerprint density at radius 3 is 2.76 bits per heavy atom. The number of carbonyl (C=O) groups is 1. The number of rotatable bonds is 11. The molecule has 2 aromatic rings. The van der Waals surface area contributed by atoms with Crippen molar-refractivity contribution in [2.45, 2.75) is 70.8 Å². The Morgan fingerprint density at radius 1 is 1.28 bits per heavy atom. The Balaban J connectivity index is 1.59. The number of unbranched alkanes of at least 4 members (excludes halogenated alkanes) is 6. The van der Waals surface area contributed by atoms with Crippen molar-refractivity contribution in [1.29, 1.82) is 0 Å². The van der Waals surface area contributed by atoms with Gasteiger partial charge >= 0.3 is 0 Å². The molecule has 1 amide bonds. The van der Waals surface area contributed by atoms with Gasteiger partial charge in [-0.05, 0) is 6.42 Å². The fourth-order valence-electron chi connectivity index (χ4n) is 3.35. The van der Waals surface area contributed by atoms with Crippen molar-refractivity contribution in [1.82, 2.24) is 19.5 Å². The normalized spacial score (nSPS) is 19.1. The second-order valence-electron chi connectivity index (χ2n) is 7.21. The minimum atomic E-state index is -0.683. The smallest absolute Gasteiger partial charge is 0.225 e. The van der Waals surface area contributed by atoms with Gasteiger partial charge in [0.25, 0.3) is 0 Å². The first-order valence-corrected chi connectivity index (χ1v) is 10.3. The van der Waals surface area contributed by atoms with Crippen LogP contribution < -0.4 is 11.1 Å². The van der Waals surface area contributed by atoms with Crippen LogP contribution in [0.5, 0.6) is 0 Å². The fraction of sp³-hybridized carbons (Fsp3) is 0.684. The van der Waals surface area contributed by atoms with Crippen LogP contribution in [0.3, 0.4) is 0 Å². The summed E-state index contributed by atoms with van der Waals surface area (Å²) in [7, 11) is 0. The summed E-state index contributed by atoms with van der Waals surface area (Å²) in [6, 6.07) is 0. The highest BCUT2D eigenvalue weighted by atomic mass is 16.7. The zero-order valence-electron chi connectivity index (χ0n) is 16.8. The van der Waals surface area contributed by atoms with Crippen molar-refractivity contribution in [3.05, 3.63) is 6.33 Å². The van der Waals surface area contributed by atoms with Gasteiger partial charge < -0.3 is 25.6 Å². The van der Waals surface area contributed by atoms with Crippen molar-refractivity contribution >= 4 is 28.8 Å². The Labute approximate surface area is 169 Å². The Kier molecular flexibility index (Phi) is 7.73. The lowest BCUT2D eigenvalue weighted by atomic mass is 10.1. The third-order valence-corrected chi connectivity index (χ3v) is 4.90. The van der Waals surface area contributed by atoms with E-state index in [1.165, 1.54) is 25.7 Å². The van der Waals surface area contributed by atoms with Crippen LogP contribution in [0.25, 0.3) is 11.2 Å². The molecule has 0 radical (unpaired) electrons. The summed E-state index contributed by atoms with van der Waals surface area (Å²) in [4.78, 5) is 25.0. The molecule has 0 bridgehead atoms. The van der Waals surface area contributed by atoms with Crippen LogP contribution in [0.1, 0.15) is 64.5 Å². The van der Waals surface area contributed by atoms with E-state index in [-0.39, 0.29) is 30.9 Å². The molecule has 2 aromatic heterocycles. The van der Waals surface area contributed by atoms with Crippen LogP contribution in [-0.4, -0.2) is 50.0 Å². The van der Waals surface area contributed by atoms with Gasteiger partial charge in [0.2, 0.25) is 11.9 Å². The van der Waals surface area contributed by atoms with Crippen molar-refractivity contribution in [2.75, 3.05) is 24.3 Å². The van der Waals surface area contributed by atoms with Crippen LogP contribution in [0.15, 0.2) is 6.33 Å². The van der Waals surface area contributed by atoms with E-state index in [9.17, 15) is 4.79 Å². The molecule has 0 aromatic carbocycles. The maximum Gasteiger partial charge on any atom is 0.225 e. The quantitative estimate of drug-likeness (QED) is 0.484. The van der Waals surface area contributed by atoms with Gasteiger partial charge in [-0.3, -0.25) is 9.36 Å². The van der Waals surface area contributed by atoms with Gasteiger partial charge in [0, 0.05) is 6.42 Å². The van der Waals surface area contributed by atoms with E-state index < -0.39 is 12.5 Å². The fourth-order valence-corrected chi connectivity index (χ4v) is 3.35. The van der Waals surface area contributed by atoms with Gasteiger partial charge in [0.15, 0.2) is 29.5 Å². The van der Waals surface area contributed by atoms with E-state index in [0.717, 1.165) is 19.3 Å². The molecule has 3 rings (SSSR count). The predicted molar refractivity (Wildman–Crippen MR) is 108 cm³/mol. The maximum absolute atomic E-state index is 12.3. The van der Waals surface area contributed by atoms with E-state index in [1.54, 1.807) is 10.9 Å². The van der Waals surface area contributed by atoms with E-state index >= 15 is 0 Å². The molecule has 0 spiro atoms.